The summed E-state index contributed by atoms with van der Waals surface area (Å²) in [7, 11) is 0. The average molecular weight is 409 g/mol. The van der Waals surface area contributed by atoms with Crippen LogP contribution in [0.3, 0.4) is 0 Å². The van der Waals surface area contributed by atoms with E-state index in [1.54, 1.807) is 23.9 Å². The van der Waals surface area contributed by atoms with Crippen LogP contribution in [0.15, 0.2) is 39.9 Å². The van der Waals surface area contributed by atoms with Crippen molar-refractivity contribution in [2.24, 2.45) is 0 Å². The molecule has 0 saturated carbocycles. The molecular weight excluding hydrogens is 401 g/mol. The van der Waals surface area contributed by atoms with Gasteiger partial charge in [0.1, 0.15) is 0 Å². The van der Waals surface area contributed by atoms with Gasteiger partial charge in [0.2, 0.25) is 0 Å². The summed E-state index contributed by atoms with van der Waals surface area (Å²) in [6, 6.07) is 6.60. The van der Waals surface area contributed by atoms with Crippen LogP contribution in [0.4, 0.5) is 0 Å². The number of aryl methyl sites for hydroxylation is 1. The Morgan fingerprint density at radius 1 is 1.22 bits per heavy atom. The Bertz CT molecular complexity index is 1030. The number of nitriles is 1. The minimum absolute atomic E-state index is 0.121. The second kappa shape index (κ2) is 5.97. The number of rotatable bonds is 1. The molecule has 0 saturated heterocycles. The van der Waals surface area contributed by atoms with Gasteiger partial charge in [0, 0.05) is 22.4 Å². The first kappa shape index (κ1) is 16.0. The van der Waals surface area contributed by atoms with Crippen LogP contribution in [0.5, 0.6) is 0 Å². The van der Waals surface area contributed by atoms with Gasteiger partial charge in [-0.2, -0.15) is 5.26 Å². The van der Waals surface area contributed by atoms with Gasteiger partial charge in [-0.25, -0.2) is 0 Å². The molecule has 1 aromatic carbocycles. The number of nitrogens with zero attached hydrogens (tertiary/aromatic N) is 3. The fourth-order valence-corrected chi connectivity index (χ4v) is 3.67. The van der Waals surface area contributed by atoms with E-state index in [1.165, 1.54) is 18.2 Å². The molecule has 0 unspecified atom stereocenters. The lowest BCUT2D eigenvalue weighted by molar-refractivity contribution is 1.02. The van der Waals surface area contributed by atoms with Crippen LogP contribution in [0, 0.1) is 18.3 Å². The monoisotopic (exact) mass is 407 g/mol. The summed E-state index contributed by atoms with van der Waals surface area (Å²) in [6.07, 6.45) is 3.14. The largest absolute Gasteiger partial charge is 0.309 e. The van der Waals surface area contributed by atoms with Crippen molar-refractivity contribution in [3.8, 4) is 11.8 Å². The molecule has 3 rings (SSSR count). The molecule has 2 heterocycles. The van der Waals surface area contributed by atoms with Crippen molar-refractivity contribution in [2.45, 2.75) is 6.92 Å². The number of fused-ring (bicyclic) bond motifs is 1. The van der Waals surface area contributed by atoms with Crippen LogP contribution in [0.1, 0.15) is 11.3 Å². The van der Waals surface area contributed by atoms with Gasteiger partial charge >= 0.3 is 0 Å². The summed E-state index contributed by atoms with van der Waals surface area (Å²) >= 11 is 16.0. The summed E-state index contributed by atoms with van der Waals surface area (Å²) in [6.45, 7) is 1.78. The van der Waals surface area contributed by atoms with Crippen LogP contribution in [-0.2, 0) is 0 Å². The van der Waals surface area contributed by atoms with Gasteiger partial charge in [-0.05, 0) is 35.0 Å². The second-order valence-corrected chi connectivity index (χ2v) is 6.57. The van der Waals surface area contributed by atoms with Crippen molar-refractivity contribution in [2.75, 3.05) is 0 Å². The summed E-state index contributed by atoms with van der Waals surface area (Å²) in [5.74, 6) is 0. The number of halogens is 3. The Kier molecular flexibility index (Phi) is 4.15. The summed E-state index contributed by atoms with van der Waals surface area (Å²) in [5.41, 5.74) is 2.00. The van der Waals surface area contributed by atoms with Crippen molar-refractivity contribution in [3.63, 3.8) is 0 Å². The minimum atomic E-state index is -0.121. The van der Waals surface area contributed by atoms with E-state index in [2.05, 4.69) is 20.9 Å². The molecule has 0 spiro atoms. The van der Waals surface area contributed by atoms with Gasteiger partial charge in [0.15, 0.2) is 5.43 Å². The Balaban J connectivity index is 2.50. The van der Waals surface area contributed by atoms with Gasteiger partial charge in [-0.1, -0.05) is 23.2 Å². The molecule has 0 fully saturated rings. The van der Waals surface area contributed by atoms with Crippen LogP contribution in [0.2, 0.25) is 10.0 Å². The van der Waals surface area contributed by atoms with Crippen molar-refractivity contribution >= 4 is 50.0 Å². The summed E-state index contributed by atoms with van der Waals surface area (Å²) in [5, 5.41) is 10.1. The third-order valence-corrected chi connectivity index (χ3v) is 4.61. The summed E-state index contributed by atoms with van der Waals surface area (Å²) in [4.78, 5) is 16.4. The highest BCUT2D eigenvalue weighted by Crippen LogP contribution is 2.33. The molecule has 0 amide bonds. The first-order chi connectivity index (χ1) is 10.9. The number of hydrogen-bond donors (Lipinski definition) is 0. The minimum Gasteiger partial charge on any atom is -0.309 e. The predicted molar refractivity (Wildman–Crippen MR) is 94.5 cm³/mol. The quantitative estimate of drug-likeness (QED) is 0.589. The maximum atomic E-state index is 12.3. The van der Waals surface area contributed by atoms with E-state index in [0.717, 1.165) is 0 Å². The normalized spacial score (nSPS) is 10.7. The first-order valence-corrected chi connectivity index (χ1v) is 8.04. The van der Waals surface area contributed by atoms with Crippen molar-refractivity contribution in [1.82, 2.24) is 9.55 Å². The zero-order valence-electron chi connectivity index (χ0n) is 11.8. The zero-order chi connectivity index (χ0) is 16.7. The maximum Gasteiger partial charge on any atom is 0.190 e. The van der Waals surface area contributed by atoms with Crippen molar-refractivity contribution in [1.29, 1.82) is 5.26 Å². The van der Waals surface area contributed by atoms with Gasteiger partial charge in [0.25, 0.3) is 0 Å². The summed E-state index contributed by atoms with van der Waals surface area (Å²) < 4.78 is 2.36. The molecular formula is C16H8BrCl2N3O. The SMILES string of the molecule is Cc1cc(=O)c2c(Br)cncc2n1-c1c(Cl)cc(C#N)cc1Cl. The lowest BCUT2D eigenvalue weighted by Crippen LogP contribution is -2.12. The lowest BCUT2D eigenvalue weighted by atomic mass is 10.1. The molecule has 0 N–H and O–H groups in total. The standard InChI is InChI=1S/C16H8BrCl2N3O/c1-8-2-14(23)15-10(17)6-21-7-13(15)22(8)16-11(18)3-9(5-20)4-12(16)19/h2-4,6-7H,1H3. The molecule has 4 nitrogen and oxygen atoms in total. The third kappa shape index (κ3) is 2.63. The Hall–Kier alpha value is -1.87. The smallest absolute Gasteiger partial charge is 0.190 e. The fraction of sp³-hybridized carbons (Fsp3) is 0.0625. The number of hydrogen-bond acceptors (Lipinski definition) is 3. The van der Waals surface area contributed by atoms with Crippen LogP contribution in [-0.4, -0.2) is 9.55 Å². The highest BCUT2D eigenvalue weighted by molar-refractivity contribution is 9.10. The fourth-order valence-electron chi connectivity index (χ4n) is 2.50. The van der Waals surface area contributed by atoms with Crippen molar-refractivity contribution < 1.29 is 0 Å². The van der Waals surface area contributed by atoms with Gasteiger partial charge in [-0.15, -0.1) is 0 Å². The van der Waals surface area contributed by atoms with E-state index in [0.29, 0.717) is 42.4 Å². The molecule has 0 aliphatic rings. The first-order valence-electron chi connectivity index (χ1n) is 6.49. The molecule has 3 aromatic rings. The molecule has 114 valence electrons. The molecule has 0 radical (unpaired) electrons. The van der Waals surface area contributed by atoms with Gasteiger partial charge in [0.05, 0.1) is 44.5 Å². The predicted octanol–water partition coefficient (Wildman–Crippen LogP) is 4.64. The highest BCUT2D eigenvalue weighted by atomic mass is 79.9. The van der Waals surface area contributed by atoms with E-state index in [1.807, 2.05) is 6.07 Å². The van der Waals surface area contributed by atoms with Gasteiger partial charge < -0.3 is 4.57 Å². The van der Waals surface area contributed by atoms with E-state index in [4.69, 9.17) is 28.5 Å². The maximum absolute atomic E-state index is 12.3. The Labute approximate surface area is 150 Å². The van der Waals surface area contributed by atoms with Crippen molar-refractivity contribution in [3.05, 3.63) is 66.6 Å². The van der Waals surface area contributed by atoms with Crippen LogP contribution in [0.25, 0.3) is 16.6 Å². The second-order valence-electron chi connectivity index (χ2n) is 4.90. The van der Waals surface area contributed by atoms with E-state index in [-0.39, 0.29) is 5.43 Å². The van der Waals surface area contributed by atoms with E-state index < -0.39 is 0 Å². The number of aromatic nitrogens is 2. The molecule has 0 atom stereocenters. The molecule has 0 bridgehead atoms. The van der Waals surface area contributed by atoms with Crippen LogP contribution < -0.4 is 5.43 Å². The molecule has 0 aliphatic heterocycles. The molecule has 0 aliphatic carbocycles. The van der Waals surface area contributed by atoms with E-state index >= 15 is 0 Å². The topological polar surface area (TPSA) is 58.7 Å². The number of pyridine rings is 2. The highest BCUT2D eigenvalue weighted by Gasteiger charge is 2.16. The average Bonchev–Trinajstić information content (AvgIpc) is 2.49. The molecule has 23 heavy (non-hydrogen) atoms. The van der Waals surface area contributed by atoms with Gasteiger partial charge in [-0.3, -0.25) is 9.78 Å². The molecule has 7 heteroatoms. The Morgan fingerprint density at radius 2 is 1.87 bits per heavy atom. The van der Waals surface area contributed by atoms with E-state index in [9.17, 15) is 4.79 Å². The molecule has 2 aromatic heterocycles. The van der Waals surface area contributed by atoms with Crippen LogP contribution >= 0.6 is 39.1 Å². The third-order valence-electron chi connectivity index (χ3n) is 3.43. The lowest BCUT2D eigenvalue weighted by Gasteiger charge is -2.17. The number of benzene rings is 1. The zero-order valence-corrected chi connectivity index (χ0v) is 14.9. The Morgan fingerprint density at radius 3 is 2.48 bits per heavy atom.